The van der Waals surface area contributed by atoms with Gasteiger partial charge in [-0.3, -0.25) is 14.9 Å². The molecular formula is C20H25N3O3. The summed E-state index contributed by atoms with van der Waals surface area (Å²) in [5.74, 6) is 0.107. The number of amides is 1. The minimum absolute atomic E-state index is 0.0688. The van der Waals surface area contributed by atoms with Gasteiger partial charge in [0.05, 0.1) is 4.92 Å². The highest BCUT2D eigenvalue weighted by Crippen LogP contribution is 2.15. The maximum atomic E-state index is 12.2. The van der Waals surface area contributed by atoms with E-state index < -0.39 is 4.92 Å². The van der Waals surface area contributed by atoms with Crippen LogP contribution in [0.3, 0.4) is 0 Å². The Morgan fingerprint density at radius 3 is 2.27 bits per heavy atom. The van der Waals surface area contributed by atoms with Crippen LogP contribution in [-0.4, -0.2) is 29.3 Å². The van der Waals surface area contributed by atoms with Crippen LogP contribution in [0, 0.1) is 10.1 Å². The standard InChI is InChI=1S/C20H25N3O3/c1-3-16-6-8-17(9-7-16)15-22(2)20(24)5-4-14-21-18-10-12-19(13-11-18)23(25)26/h6-13,21H,3-5,14-15H2,1-2H3. The fourth-order valence-electron chi connectivity index (χ4n) is 2.61. The van der Waals surface area contributed by atoms with Crippen LogP contribution >= 0.6 is 0 Å². The SMILES string of the molecule is CCc1ccc(CN(C)C(=O)CCCNc2ccc([N+](=O)[O-])cc2)cc1. The van der Waals surface area contributed by atoms with Crippen molar-refractivity contribution < 1.29 is 9.72 Å². The molecule has 138 valence electrons. The van der Waals surface area contributed by atoms with Gasteiger partial charge in [0, 0.05) is 44.4 Å². The van der Waals surface area contributed by atoms with Crippen LogP contribution in [0.4, 0.5) is 11.4 Å². The van der Waals surface area contributed by atoms with Gasteiger partial charge in [0.15, 0.2) is 0 Å². The van der Waals surface area contributed by atoms with Crippen LogP contribution in [0.15, 0.2) is 48.5 Å². The lowest BCUT2D eigenvalue weighted by Gasteiger charge is -2.17. The van der Waals surface area contributed by atoms with E-state index >= 15 is 0 Å². The van der Waals surface area contributed by atoms with Crippen molar-refractivity contribution in [1.82, 2.24) is 4.90 Å². The zero-order chi connectivity index (χ0) is 18.9. The van der Waals surface area contributed by atoms with E-state index in [4.69, 9.17) is 0 Å². The predicted octanol–water partition coefficient (Wildman–Crippen LogP) is 4.01. The zero-order valence-electron chi connectivity index (χ0n) is 15.3. The lowest BCUT2D eigenvalue weighted by Crippen LogP contribution is -2.26. The molecule has 0 fully saturated rings. The predicted molar refractivity (Wildman–Crippen MR) is 103 cm³/mol. The summed E-state index contributed by atoms with van der Waals surface area (Å²) in [6.07, 6.45) is 2.18. The van der Waals surface area contributed by atoms with E-state index in [0.29, 0.717) is 25.9 Å². The number of benzene rings is 2. The minimum atomic E-state index is -0.423. The summed E-state index contributed by atoms with van der Waals surface area (Å²) in [5.41, 5.74) is 3.30. The molecule has 0 saturated heterocycles. The van der Waals surface area contributed by atoms with E-state index in [9.17, 15) is 14.9 Å². The van der Waals surface area contributed by atoms with E-state index in [2.05, 4.69) is 36.5 Å². The van der Waals surface area contributed by atoms with Gasteiger partial charge in [-0.15, -0.1) is 0 Å². The first-order valence-corrected chi connectivity index (χ1v) is 8.79. The summed E-state index contributed by atoms with van der Waals surface area (Å²) in [6, 6.07) is 14.6. The third kappa shape index (κ3) is 5.88. The molecule has 0 bridgehead atoms. The van der Waals surface area contributed by atoms with Crippen LogP contribution in [0.2, 0.25) is 0 Å². The highest BCUT2D eigenvalue weighted by Gasteiger charge is 2.09. The van der Waals surface area contributed by atoms with Crippen molar-refractivity contribution in [2.45, 2.75) is 32.7 Å². The second-order valence-electron chi connectivity index (χ2n) is 6.25. The normalized spacial score (nSPS) is 10.4. The number of nitro benzene ring substituents is 1. The van der Waals surface area contributed by atoms with Gasteiger partial charge in [-0.1, -0.05) is 31.2 Å². The number of carbonyl (C=O) groups excluding carboxylic acids is 1. The van der Waals surface area contributed by atoms with Gasteiger partial charge >= 0.3 is 0 Å². The summed E-state index contributed by atoms with van der Waals surface area (Å²) in [4.78, 5) is 24.2. The molecule has 2 aromatic carbocycles. The van der Waals surface area contributed by atoms with Gasteiger partial charge in [-0.25, -0.2) is 0 Å². The molecule has 2 rings (SSSR count). The van der Waals surface area contributed by atoms with E-state index in [1.165, 1.54) is 17.7 Å². The van der Waals surface area contributed by atoms with Gasteiger partial charge in [-0.05, 0) is 36.1 Å². The number of nitrogens with one attached hydrogen (secondary N) is 1. The van der Waals surface area contributed by atoms with Crippen molar-refractivity contribution in [3.63, 3.8) is 0 Å². The molecule has 0 heterocycles. The van der Waals surface area contributed by atoms with Crippen molar-refractivity contribution >= 4 is 17.3 Å². The molecule has 6 heteroatoms. The Morgan fingerprint density at radius 2 is 1.69 bits per heavy atom. The highest BCUT2D eigenvalue weighted by atomic mass is 16.6. The highest BCUT2D eigenvalue weighted by molar-refractivity contribution is 5.75. The first kappa shape index (κ1) is 19.4. The topological polar surface area (TPSA) is 75.5 Å². The average molecular weight is 355 g/mol. The first-order chi connectivity index (χ1) is 12.5. The van der Waals surface area contributed by atoms with E-state index in [1.54, 1.807) is 17.0 Å². The molecule has 2 aromatic rings. The number of nitrogens with zero attached hydrogens (tertiary/aromatic N) is 2. The van der Waals surface area contributed by atoms with Crippen molar-refractivity contribution in [1.29, 1.82) is 0 Å². The van der Waals surface area contributed by atoms with Gasteiger partial charge in [-0.2, -0.15) is 0 Å². The number of anilines is 1. The Labute approximate surface area is 154 Å². The smallest absolute Gasteiger partial charge is 0.269 e. The number of hydrogen-bond donors (Lipinski definition) is 1. The second kappa shape index (κ2) is 9.56. The van der Waals surface area contributed by atoms with Crippen LogP contribution in [-0.2, 0) is 17.8 Å². The molecule has 0 aliphatic rings. The number of aryl methyl sites for hydroxylation is 1. The number of rotatable bonds is 9. The van der Waals surface area contributed by atoms with E-state index in [-0.39, 0.29) is 11.6 Å². The summed E-state index contributed by atoms with van der Waals surface area (Å²) in [7, 11) is 1.82. The van der Waals surface area contributed by atoms with Crippen molar-refractivity contribution in [3.8, 4) is 0 Å². The van der Waals surface area contributed by atoms with E-state index in [0.717, 1.165) is 17.7 Å². The van der Waals surface area contributed by atoms with Crippen molar-refractivity contribution in [3.05, 3.63) is 69.8 Å². The van der Waals surface area contributed by atoms with Crippen LogP contribution in [0.5, 0.6) is 0 Å². The van der Waals surface area contributed by atoms with Gasteiger partial charge in [0.2, 0.25) is 5.91 Å². The largest absolute Gasteiger partial charge is 0.385 e. The fraction of sp³-hybridized carbons (Fsp3) is 0.350. The lowest BCUT2D eigenvalue weighted by atomic mass is 10.1. The summed E-state index contributed by atoms with van der Waals surface area (Å²) < 4.78 is 0. The average Bonchev–Trinajstić information content (AvgIpc) is 2.66. The summed E-state index contributed by atoms with van der Waals surface area (Å²) >= 11 is 0. The molecule has 26 heavy (non-hydrogen) atoms. The molecular weight excluding hydrogens is 330 g/mol. The molecule has 0 spiro atoms. The molecule has 0 aliphatic heterocycles. The molecule has 1 N–H and O–H groups in total. The van der Waals surface area contributed by atoms with Crippen molar-refractivity contribution in [2.24, 2.45) is 0 Å². The third-order valence-corrected chi connectivity index (χ3v) is 4.25. The molecule has 0 unspecified atom stereocenters. The maximum absolute atomic E-state index is 12.2. The molecule has 6 nitrogen and oxygen atoms in total. The molecule has 0 radical (unpaired) electrons. The van der Waals surface area contributed by atoms with Gasteiger partial charge in [0.25, 0.3) is 5.69 Å². The van der Waals surface area contributed by atoms with Crippen LogP contribution in [0.1, 0.15) is 30.9 Å². The Kier molecular flexibility index (Phi) is 7.14. The molecule has 0 saturated carbocycles. The van der Waals surface area contributed by atoms with Crippen molar-refractivity contribution in [2.75, 3.05) is 18.9 Å². The molecule has 0 atom stereocenters. The Bertz CT molecular complexity index is 727. The molecule has 1 amide bonds. The van der Waals surface area contributed by atoms with E-state index in [1.807, 2.05) is 7.05 Å². The fourth-order valence-corrected chi connectivity index (χ4v) is 2.61. The first-order valence-electron chi connectivity index (χ1n) is 8.79. The second-order valence-corrected chi connectivity index (χ2v) is 6.25. The monoisotopic (exact) mass is 355 g/mol. The Balaban J connectivity index is 1.71. The minimum Gasteiger partial charge on any atom is -0.385 e. The van der Waals surface area contributed by atoms with Crippen LogP contribution < -0.4 is 5.32 Å². The van der Waals surface area contributed by atoms with Gasteiger partial charge < -0.3 is 10.2 Å². The zero-order valence-corrected chi connectivity index (χ0v) is 15.3. The number of carbonyl (C=O) groups is 1. The summed E-state index contributed by atoms with van der Waals surface area (Å²) in [6.45, 7) is 3.37. The molecule has 0 aromatic heterocycles. The summed E-state index contributed by atoms with van der Waals surface area (Å²) in [5, 5.41) is 13.8. The lowest BCUT2D eigenvalue weighted by molar-refractivity contribution is -0.384. The maximum Gasteiger partial charge on any atom is 0.269 e. The van der Waals surface area contributed by atoms with Crippen LogP contribution in [0.25, 0.3) is 0 Å². The quantitative estimate of drug-likeness (QED) is 0.419. The Morgan fingerprint density at radius 1 is 1.08 bits per heavy atom. The number of nitro groups is 1. The number of non-ortho nitro benzene ring substituents is 1. The van der Waals surface area contributed by atoms with Gasteiger partial charge in [0.1, 0.15) is 0 Å². The molecule has 0 aliphatic carbocycles. The number of hydrogen-bond acceptors (Lipinski definition) is 4. The Hall–Kier alpha value is -2.89. The third-order valence-electron chi connectivity index (χ3n) is 4.25.